The Morgan fingerprint density at radius 1 is 0.778 bits per heavy atom. The van der Waals surface area contributed by atoms with Gasteiger partial charge in [-0.2, -0.15) is 0 Å². The highest BCUT2D eigenvalue weighted by Crippen LogP contribution is 2.44. The maximum absolute atomic E-state index is 12.8. The van der Waals surface area contributed by atoms with E-state index in [1.54, 1.807) is 55.6 Å². The van der Waals surface area contributed by atoms with Crippen molar-refractivity contribution in [3.8, 4) is 28.5 Å². The van der Waals surface area contributed by atoms with Gasteiger partial charge >= 0.3 is 11.9 Å². The number of amides is 2. The van der Waals surface area contributed by atoms with Crippen LogP contribution in [0.15, 0.2) is 54.6 Å². The Morgan fingerprint density at radius 2 is 1.35 bits per heavy atom. The van der Waals surface area contributed by atoms with Gasteiger partial charge in [0.05, 0.1) is 47.4 Å². The van der Waals surface area contributed by atoms with Gasteiger partial charge in [-0.3, -0.25) is 9.59 Å². The molecule has 0 radical (unpaired) electrons. The van der Waals surface area contributed by atoms with E-state index >= 15 is 0 Å². The largest absolute Gasteiger partial charge is 0.500 e. The highest BCUT2D eigenvalue weighted by atomic mass is 32.1. The van der Waals surface area contributed by atoms with Gasteiger partial charge in [0.25, 0.3) is 0 Å². The fraction of sp³-hybridized carbons (Fsp3) is 0.158. The fourth-order valence-electron chi connectivity index (χ4n) is 7.15. The average molecular weight is 763 g/mol. The van der Waals surface area contributed by atoms with Crippen molar-refractivity contribution in [3.05, 3.63) is 85.2 Å². The number of nitrogens with zero attached hydrogens (tertiary/aromatic N) is 4. The van der Waals surface area contributed by atoms with Crippen LogP contribution in [0.25, 0.3) is 66.8 Å². The predicted molar refractivity (Wildman–Crippen MR) is 204 cm³/mol. The maximum Gasteiger partial charge on any atom is 0.346 e. The van der Waals surface area contributed by atoms with E-state index in [-0.39, 0.29) is 34.0 Å². The number of primary amides is 2. The molecule has 16 heteroatoms. The van der Waals surface area contributed by atoms with Crippen LogP contribution in [0.3, 0.4) is 0 Å². The molecule has 0 spiro atoms. The second kappa shape index (κ2) is 13.2. The number of rotatable bonds is 11. The molecule has 0 bridgehead atoms. The maximum atomic E-state index is 12.8. The summed E-state index contributed by atoms with van der Waals surface area (Å²) in [6, 6.07) is 15.0. The van der Waals surface area contributed by atoms with Crippen molar-refractivity contribution in [2.75, 3.05) is 14.2 Å². The van der Waals surface area contributed by atoms with Crippen LogP contribution in [0.1, 0.15) is 52.9 Å². The fourth-order valence-corrected chi connectivity index (χ4v) is 9.32. The summed E-state index contributed by atoms with van der Waals surface area (Å²) >= 11 is 2.23. The molecule has 14 nitrogen and oxygen atoms in total. The van der Waals surface area contributed by atoms with Crippen LogP contribution in [0.5, 0.6) is 5.75 Å². The first kappa shape index (κ1) is 34.6. The van der Waals surface area contributed by atoms with Crippen LogP contribution in [0.2, 0.25) is 0 Å². The Bertz CT molecular complexity index is 2900. The molecule has 3 aromatic carbocycles. The van der Waals surface area contributed by atoms with Gasteiger partial charge in [0.15, 0.2) is 0 Å². The molecule has 1 aliphatic rings. The lowest BCUT2D eigenvalue weighted by Gasteiger charge is -2.15. The molecule has 0 unspecified atom stereocenters. The number of fused-ring (bicyclic) bond motifs is 4. The summed E-state index contributed by atoms with van der Waals surface area (Å²) in [5, 5.41) is 22.1. The van der Waals surface area contributed by atoms with E-state index in [1.165, 1.54) is 7.11 Å². The minimum Gasteiger partial charge on any atom is -0.500 e. The zero-order chi connectivity index (χ0) is 38.0. The molecule has 7 aromatic rings. The van der Waals surface area contributed by atoms with Crippen molar-refractivity contribution in [3.63, 3.8) is 0 Å². The molecule has 2 amide bonds. The number of methoxy groups -OCH3 is 2. The Kier molecular flexibility index (Phi) is 8.42. The number of carbonyl (C=O) groups excluding carboxylic acids is 2. The number of ether oxygens (including phenoxy) is 2. The molecule has 1 aliphatic carbocycles. The molecule has 0 saturated carbocycles. The van der Waals surface area contributed by atoms with Gasteiger partial charge in [0.1, 0.15) is 32.9 Å². The number of aromatic carboxylic acids is 2. The normalized spacial score (nSPS) is 12.6. The summed E-state index contributed by atoms with van der Waals surface area (Å²) < 4.78 is 16.6. The number of carboxylic acids is 2. The summed E-state index contributed by atoms with van der Waals surface area (Å²) in [6.07, 6.45) is 3.24. The van der Waals surface area contributed by atoms with Crippen LogP contribution in [-0.4, -0.2) is 67.3 Å². The standard InChI is InChI=1S/C38H30N6O8S2/c1-51-23-5-3-7-25-27(23)29(31(53-25)37(47)48)35-41-19-15-17(33(39)45)9-11-21(19)43(35)13-14-44-22-12-10-18(34(40)46)16-20(22)42-36(44)30-28-24(52-2)6-4-8-26(28)54-32(30)38(49)50/h3,5,7-12,15-16H,4,6,13-14H2,1-2H3,(H2,39,45)(H2,40,46)(H,47,48)(H,49,50). The predicted octanol–water partition coefficient (Wildman–Crippen LogP) is 4.63. The third-order valence-electron chi connectivity index (χ3n) is 9.51. The highest BCUT2D eigenvalue weighted by Gasteiger charge is 2.29. The lowest BCUT2D eigenvalue weighted by atomic mass is 10.1. The molecule has 4 aromatic heterocycles. The van der Waals surface area contributed by atoms with Crippen molar-refractivity contribution in [1.29, 1.82) is 0 Å². The third-order valence-corrected chi connectivity index (χ3v) is 11.8. The first-order chi connectivity index (χ1) is 26.0. The Hall–Kier alpha value is -6.52. The Labute approximate surface area is 312 Å². The van der Waals surface area contributed by atoms with Crippen LogP contribution >= 0.6 is 22.7 Å². The van der Waals surface area contributed by atoms with Gasteiger partial charge in [-0.05, 0) is 55.0 Å². The molecule has 6 N–H and O–H groups in total. The monoisotopic (exact) mass is 762 g/mol. The van der Waals surface area contributed by atoms with E-state index in [2.05, 4.69) is 0 Å². The number of carbonyl (C=O) groups is 4. The molecule has 0 aliphatic heterocycles. The number of aryl methyl sites for hydroxylation is 2. The third kappa shape index (κ3) is 5.45. The van der Waals surface area contributed by atoms with Crippen molar-refractivity contribution in [2.24, 2.45) is 11.5 Å². The molecular weight excluding hydrogens is 733 g/mol. The summed E-state index contributed by atoms with van der Waals surface area (Å²) in [6.45, 7) is 0.347. The first-order valence-corrected chi connectivity index (χ1v) is 18.2. The first-order valence-electron chi connectivity index (χ1n) is 16.6. The second-order valence-corrected chi connectivity index (χ2v) is 14.6. The van der Waals surface area contributed by atoms with Crippen molar-refractivity contribution in [2.45, 2.75) is 25.9 Å². The Balaban J connectivity index is 1.40. The number of nitrogens with two attached hydrogens (primary N) is 2. The molecular formula is C38H30N6O8S2. The molecule has 54 heavy (non-hydrogen) atoms. The number of thiophene rings is 2. The number of carboxylic acid groups (broad SMARTS) is 2. The van der Waals surface area contributed by atoms with E-state index in [4.69, 9.17) is 30.9 Å². The highest BCUT2D eigenvalue weighted by molar-refractivity contribution is 7.21. The smallest absolute Gasteiger partial charge is 0.346 e. The number of hydrogen-bond acceptors (Lipinski definition) is 10. The van der Waals surface area contributed by atoms with E-state index in [0.29, 0.717) is 84.5 Å². The summed E-state index contributed by atoms with van der Waals surface area (Å²) in [4.78, 5) is 60.0. The molecule has 272 valence electrons. The van der Waals surface area contributed by atoms with Gasteiger partial charge in [-0.25, -0.2) is 19.6 Å². The Morgan fingerprint density at radius 3 is 1.89 bits per heavy atom. The second-order valence-electron chi connectivity index (χ2n) is 12.5. The number of aromatic nitrogens is 4. The van der Waals surface area contributed by atoms with Crippen LogP contribution in [0, 0.1) is 0 Å². The molecule has 4 heterocycles. The lowest BCUT2D eigenvalue weighted by molar-refractivity contribution is 0.0692. The van der Waals surface area contributed by atoms with E-state index < -0.39 is 23.8 Å². The topological polar surface area (TPSA) is 215 Å². The van der Waals surface area contributed by atoms with E-state index in [1.807, 2.05) is 21.3 Å². The van der Waals surface area contributed by atoms with Gasteiger partial charge in [0.2, 0.25) is 11.8 Å². The van der Waals surface area contributed by atoms with Gasteiger partial charge in [0, 0.05) is 50.5 Å². The molecule has 0 atom stereocenters. The van der Waals surface area contributed by atoms with Gasteiger partial charge in [-0.1, -0.05) is 12.1 Å². The number of benzene rings is 3. The molecule has 0 fully saturated rings. The lowest BCUT2D eigenvalue weighted by Crippen LogP contribution is -2.28. The molecule has 0 saturated heterocycles. The van der Waals surface area contributed by atoms with Crippen LogP contribution in [-0.2, 0) is 17.8 Å². The number of imidazole rings is 2. The average Bonchev–Trinajstić information content (AvgIpc) is 3.92. The van der Waals surface area contributed by atoms with Crippen molar-refractivity contribution in [1.82, 2.24) is 19.1 Å². The molecule has 8 rings (SSSR count). The summed E-state index contributed by atoms with van der Waals surface area (Å²) in [5.74, 6) is -1.83. The quantitative estimate of drug-likeness (QED) is 0.143. The van der Waals surface area contributed by atoms with E-state index in [0.717, 1.165) is 27.2 Å². The van der Waals surface area contributed by atoms with Crippen LogP contribution < -0.4 is 26.0 Å². The zero-order valence-electron chi connectivity index (χ0n) is 28.7. The van der Waals surface area contributed by atoms with Crippen molar-refractivity contribution < 1.29 is 38.9 Å². The summed E-state index contributed by atoms with van der Waals surface area (Å²) in [5.41, 5.74) is 14.5. The van der Waals surface area contributed by atoms with Gasteiger partial charge in [-0.15, -0.1) is 22.7 Å². The van der Waals surface area contributed by atoms with Crippen LogP contribution in [0.4, 0.5) is 0 Å². The SMILES string of the molecule is COC1=c2c(-c3nc4cc(C(N)=O)ccc4n3CCn3c(-c4c(C(=O)O)sc5cccc(OC)c45)nc4cc(C(N)=O)ccc43)c(C(=O)O)sc2=CCC1. The minimum absolute atomic E-state index is 0.0452. The van der Waals surface area contributed by atoms with Crippen molar-refractivity contribution >= 4 is 90.4 Å². The summed E-state index contributed by atoms with van der Waals surface area (Å²) in [7, 11) is 3.06. The van der Waals surface area contributed by atoms with E-state index in [9.17, 15) is 29.4 Å². The zero-order valence-corrected chi connectivity index (χ0v) is 30.3. The van der Waals surface area contributed by atoms with Gasteiger partial charge < -0.3 is 40.3 Å². The number of hydrogen-bond donors (Lipinski definition) is 4. The minimum atomic E-state index is -1.15.